The predicted octanol–water partition coefficient (Wildman–Crippen LogP) is 9.97. The van der Waals surface area contributed by atoms with Gasteiger partial charge in [-0.15, -0.1) is 0 Å². The highest BCUT2D eigenvalue weighted by atomic mass is 19.4. The van der Waals surface area contributed by atoms with E-state index in [-0.39, 0.29) is 30.9 Å². The Hall–Kier alpha value is -3.09. The minimum absolute atomic E-state index is 0.197. The van der Waals surface area contributed by atoms with Crippen LogP contribution < -0.4 is 4.74 Å². The normalized spacial score (nSPS) is 21.6. The van der Waals surface area contributed by atoms with Gasteiger partial charge >= 0.3 is 12.3 Å². The Morgan fingerprint density at radius 1 is 0.805 bits per heavy atom. The highest BCUT2D eigenvalue weighted by Crippen LogP contribution is 2.44. The second-order valence-electron chi connectivity index (χ2n) is 10.7. The molecule has 0 aromatic heterocycles. The van der Waals surface area contributed by atoms with Crippen LogP contribution in [0.2, 0.25) is 0 Å². The summed E-state index contributed by atoms with van der Waals surface area (Å²) in [4.78, 5) is 0. The van der Waals surface area contributed by atoms with Crippen molar-refractivity contribution in [1.29, 1.82) is 0 Å². The van der Waals surface area contributed by atoms with Crippen LogP contribution in [0.5, 0.6) is 5.75 Å². The lowest BCUT2D eigenvalue weighted by Crippen LogP contribution is -2.37. The summed E-state index contributed by atoms with van der Waals surface area (Å²) in [5.74, 6) is -3.68. The third-order valence-electron chi connectivity index (χ3n) is 7.91. The Kier molecular flexibility index (Phi) is 9.35. The average Bonchev–Trinajstić information content (AvgIpc) is 2.87. The van der Waals surface area contributed by atoms with Crippen molar-refractivity contribution in [3.8, 4) is 17.6 Å². The maximum atomic E-state index is 15.0. The van der Waals surface area contributed by atoms with Gasteiger partial charge in [-0.3, -0.25) is 0 Å². The van der Waals surface area contributed by atoms with E-state index >= 15 is 0 Å². The smallest absolute Gasteiger partial charge is 0.422 e. The molecule has 0 radical (unpaired) electrons. The Bertz CT molecular complexity index is 1300. The van der Waals surface area contributed by atoms with Crippen molar-refractivity contribution in [2.45, 2.75) is 77.0 Å². The summed E-state index contributed by atoms with van der Waals surface area (Å²) in [5.41, 5.74) is -2.33. The van der Waals surface area contributed by atoms with Crippen LogP contribution in [-0.4, -0.2) is 6.11 Å². The van der Waals surface area contributed by atoms with Crippen molar-refractivity contribution in [2.24, 2.45) is 17.8 Å². The Labute approximate surface area is 232 Å². The zero-order valence-electron chi connectivity index (χ0n) is 22.3. The Morgan fingerprint density at radius 2 is 1.41 bits per heavy atom. The molecule has 0 bridgehead atoms. The van der Waals surface area contributed by atoms with E-state index in [0.717, 1.165) is 25.7 Å². The summed E-state index contributed by atoms with van der Waals surface area (Å²) >= 11 is 0. The number of benzene rings is 2. The molecule has 1 unspecified atom stereocenters. The summed E-state index contributed by atoms with van der Waals surface area (Å²) in [5, 5.41) is 0. The van der Waals surface area contributed by atoms with Crippen LogP contribution in [0.3, 0.4) is 0 Å². The Balaban J connectivity index is 1.41. The van der Waals surface area contributed by atoms with Crippen molar-refractivity contribution in [3.05, 3.63) is 75.9 Å². The van der Waals surface area contributed by atoms with E-state index in [4.69, 9.17) is 4.74 Å². The van der Waals surface area contributed by atoms with Crippen molar-refractivity contribution in [1.82, 2.24) is 0 Å². The molecule has 41 heavy (non-hydrogen) atoms. The van der Waals surface area contributed by atoms with Gasteiger partial charge in [-0.2, -0.15) is 22.0 Å². The van der Waals surface area contributed by atoms with Gasteiger partial charge in [0.05, 0.1) is 11.5 Å². The van der Waals surface area contributed by atoms with Crippen LogP contribution in [0.15, 0.2) is 35.9 Å². The van der Waals surface area contributed by atoms with Gasteiger partial charge in [0.25, 0.3) is 0 Å². The first-order valence-corrected chi connectivity index (χ1v) is 13.6. The molecule has 0 saturated heterocycles. The fourth-order valence-corrected chi connectivity index (χ4v) is 5.77. The summed E-state index contributed by atoms with van der Waals surface area (Å²) < 4.78 is 129. The van der Waals surface area contributed by atoms with Crippen LogP contribution in [0.4, 0.5) is 39.5 Å². The fraction of sp³-hybridized carbons (Fsp3) is 0.484. The highest BCUT2D eigenvalue weighted by molar-refractivity contribution is 5.47. The van der Waals surface area contributed by atoms with E-state index in [1.165, 1.54) is 12.0 Å². The average molecular weight is 589 g/mol. The van der Waals surface area contributed by atoms with Gasteiger partial charge in [-0.1, -0.05) is 43.3 Å². The number of rotatable bonds is 6. The van der Waals surface area contributed by atoms with Gasteiger partial charge in [-0.05, 0) is 68.9 Å². The monoisotopic (exact) mass is 588 g/mol. The predicted molar refractivity (Wildman–Crippen MR) is 135 cm³/mol. The van der Waals surface area contributed by atoms with Gasteiger partial charge < -0.3 is 4.74 Å². The molecule has 0 heterocycles. The molecule has 0 spiro atoms. The summed E-state index contributed by atoms with van der Waals surface area (Å²) in [6.07, 6.45) is 0.313. The summed E-state index contributed by atoms with van der Waals surface area (Å²) in [7, 11) is 0. The number of allylic oxidation sites excluding steroid dienone is 2. The molecule has 4 rings (SSSR count). The molecule has 2 aromatic carbocycles. The molecule has 10 heteroatoms. The lowest BCUT2D eigenvalue weighted by molar-refractivity contribution is -0.223. The van der Waals surface area contributed by atoms with E-state index in [9.17, 15) is 39.5 Å². The molecule has 2 aliphatic rings. The molecule has 1 saturated carbocycles. The molecule has 1 nitrogen and oxygen atoms in total. The van der Waals surface area contributed by atoms with Crippen molar-refractivity contribution in [3.63, 3.8) is 0 Å². The second-order valence-corrected chi connectivity index (χ2v) is 10.7. The van der Waals surface area contributed by atoms with Crippen LogP contribution in [0.25, 0.3) is 0 Å². The standard InChI is InChI=1S/C31H29F9O/c1-2-3-18-4-7-20(8-5-18)21-9-11-22(12-10-21)31(39,40)41-23-16-25(32)24(26(33)17-23)13-6-19-14-27(34)29(28(35)15-19)30(36,37)38/h7,14-18,21-22H,2-5,8-12H2,1H3. The van der Waals surface area contributed by atoms with E-state index < -0.39 is 63.9 Å². The minimum atomic E-state index is -5.29. The van der Waals surface area contributed by atoms with Crippen LogP contribution in [-0.2, 0) is 6.18 Å². The molecule has 0 amide bonds. The van der Waals surface area contributed by atoms with Crippen LogP contribution >= 0.6 is 0 Å². The largest absolute Gasteiger partial charge is 0.432 e. The van der Waals surface area contributed by atoms with E-state index in [1.54, 1.807) is 0 Å². The summed E-state index contributed by atoms with van der Waals surface area (Å²) in [6, 6.07) is 1.57. The second kappa shape index (κ2) is 12.4. The first-order chi connectivity index (χ1) is 19.3. The third-order valence-corrected chi connectivity index (χ3v) is 7.91. The lowest BCUT2D eigenvalue weighted by atomic mass is 9.74. The molecule has 2 aromatic rings. The molecule has 0 aliphatic heterocycles. The molecule has 1 atom stereocenters. The minimum Gasteiger partial charge on any atom is -0.432 e. The van der Waals surface area contributed by atoms with Gasteiger partial charge in [0.15, 0.2) is 0 Å². The van der Waals surface area contributed by atoms with Crippen molar-refractivity contribution in [2.75, 3.05) is 0 Å². The van der Waals surface area contributed by atoms with Gasteiger partial charge in [-0.25, -0.2) is 17.6 Å². The zero-order valence-corrected chi connectivity index (χ0v) is 22.3. The highest BCUT2D eigenvalue weighted by Gasteiger charge is 2.44. The van der Waals surface area contributed by atoms with Gasteiger partial charge in [0.2, 0.25) is 0 Å². The topological polar surface area (TPSA) is 9.23 Å². The number of hydrogen-bond donors (Lipinski definition) is 0. The number of ether oxygens (including phenoxy) is 1. The number of hydrogen-bond acceptors (Lipinski definition) is 1. The van der Waals surface area contributed by atoms with Crippen LogP contribution in [0.1, 0.15) is 81.4 Å². The lowest BCUT2D eigenvalue weighted by Gasteiger charge is -2.35. The number of halogens is 9. The van der Waals surface area contributed by atoms with Crippen LogP contribution in [0, 0.1) is 52.9 Å². The van der Waals surface area contributed by atoms with Gasteiger partial charge in [0, 0.05) is 17.7 Å². The SMILES string of the molecule is CCCC1CC=C(C2CCC(C(F)(F)Oc3cc(F)c(C#Cc4cc(F)c(C(F)(F)F)c(F)c4)c(F)c3)CC2)CC1. The molecule has 0 N–H and O–H groups in total. The number of alkyl halides is 5. The third kappa shape index (κ3) is 7.41. The molecular weight excluding hydrogens is 559 g/mol. The fourth-order valence-electron chi connectivity index (χ4n) is 5.77. The molecule has 1 fully saturated rings. The molecule has 2 aliphatic carbocycles. The maximum Gasteiger partial charge on any atom is 0.422 e. The first kappa shape index (κ1) is 30.9. The first-order valence-electron chi connectivity index (χ1n) is 13.6. The molecule has 222 valence electrons. The van der Waals surface area contributed by atoms with Crippen molar-refractivity contribution >= 4 is 0 Å². The quantitative estimate of drug-likeness (QED) is 0.185. The van der Waals surface area contributed by atoms with E-state index in [0.29, 0.717) is 30.9 Å². The molecular formula is C31H29F9O. The van der Waals surface area contributed by atoms with Crippen molar-refractivity contribution < 1.29 is 44.3 Å². The maximum absolute atomic E-state index is 15.0. The van der Waals surface area contributed by atoms with E-state index in [2.05, 4.69) is 13.0 Å². The Morgan fingerprint density at radius 3 is 1.93 bits per heavy atom. The summed E-state index contributed by atoms with van der Waals surface area (Å²) in [6.45, 7) is 2.16. The zero-order chi connectivity index (χ0) is 29.9. The van der Waals surface area contributed by atoms with Gasteiger partial charge in [0.1, 0.15) is 34.6 Å². The van der Waals surface area contributed by atoms with E-state index in [1.807, 2.05) is 11.8 Å².